The zero-order valence-corrected chi connectivity index (χ0v) is 21.2. The number of amides is 1. The number of aromatic nitrogens is 3. The largest absolute Gasteiger partial charge is 0.490 e. The summed E-state index contributed by atoms with van der Waals surface area (Å²) >= 11 is 0. The molecule has 10 heteroatoms. The molecule has 0 fully saturated rings. The number of carbonyl (C=O) groups is 1. The summed E-state index contributed by atoms with van der Waals surface area (Å²) in [5, 5.41) is 4.79. The smallest absolute Gasteiger partial charge is 0.410 e. The van der Waals surface area contributed by atoms with E-state index in [1.165, 1.54) is 12.1 Å². The van der Waals surface area contributed by atoms with Crippen LogP contribution in [-0.2, 0) is 22.6 Å². The van der Waals surface area contributed by atoms with E-state index in [0.29, 0.717) is 54.7 Å². The summed E-state index contributed by atoms with van der Waals surface area (Å²) in [6, 6.07) is 8.10. The molecule has 1 aliphatic rings. The number of fused-ring (bicyclic) bond motifs is 1. The highest BCUT2D eigenvalue weighted by molar-refractivity contribution is 5.85. The van der Waals surface area contributed by atoms with Crippen molar-refractivity contribution in [3.8, 4) is 34.0 Å². The number of benzene rings is 1. The van der Waals surface area contributed by atoms with Crippen molar-refractivity contribution in [2.45, 2.75) is 39.5 Å². The third-order valence-electron chi connectivity index (χ3n) is 5.59. The van der Waals surface area contributed by atoms with Gasteiger partial charge in [0, 0.05) is 48.7 Å². The van der Waals surface area contributed by atoms with Crippen LogP contribution in [0.1, 0.15) is 26.5 Å². The first-order valence-corrected chi connectivity index (χ1v) is 11.7. The molecule has 36 heavy (non-hydrogen) atoms. The van der Waals surface area contributed by atoms with Gasteiger partial charge in [-0.1, -0.05) is 0 Å². The quantitative estimate of drug-likeness (QED) is 0.442. The molecule has 0 radical (unpaired) electrons. The predicted octanol–water partition coefficient (Wildman–Crippen LogP) is 4.54. The first-order valence-electron chi connectivity index (χ1n) is 11.7. The van der Waals surface area contributed by atoms with Crippen molar-refractivity contribution in [1.29, 1.82) is 0 Å². The molecular weight excluding hydrogens is 467 g/mol. The molecule has 2 aromatic heterocycles. The Morgan fingerprint density at radius 1 is 1.06 bits per heavy atom. The van der Waals surface area contributed by atoms with Crippen LogP contribution in [0.25, 0.3) is 22.4 Å². The second-order valence-electron chi connectivity index (χ2n) is 9.40. The summed E-state index contributed by atoms with van der Waals surface area (Å²) in [7, 11) is 3.12. The van der Waals surface area contributed by atoms with Gasteiger partial charge in [0.25, 0.3) is 0 Å². The van der Waals surface area contributed by atoms with Crippen molar-refractivity contribution in [3.63, 3.8) is 0 Å². The first kappa shape index (κ1) is 25.4. The Bertz CT molecular complexity index is 1240. The van der Waals surface area contributed by atoms with E-state index in [1.54, 1.807) is 37.4 Å². The van der Waals surface area contributed by atoms with Gasteiger partial charge >= 0.3 is 6.09 Å². The lowest BCUT2D eigenvalue weighted by molar-refractivity contribution is 0.0194. The van der Waals surface area contributed by atoms with Gasteiger partial charge in [-0.2, -0.15) is 5.10 Å². The second-order valence-corrected chi connectivity index (χ2v) is 9.40. The van der Waals surface area contributed by atoms with Crippen molar-refractivity contribution in [3.05, 3.63) is 48.0 Å². The van der Waals surface area contributed by atoms with Crippen LogP contribution >= 0.6 is 0 Å². The summed E-state index contributed by atoms with van der Waals surface area (Å²) < 4.78 is 37.7. The minimum atomic E-state index is -0.569. The zero-order chi connectivity index (χ0) is 25.9. The summed E-state index contributed by atoms with van der Waals surface area (Å²) in [6.07, 6.45) is 1.31. The molecule has 0 atom stereocenters. The second kappa shape index (κ2) is 10.5. The monoisotopic (exact) mass is 498 g/mol. The molecule has 3 aromatic rings. The average molecular weight is 499 g/mol. The average Bonchev–Trinajstić information content (AvgIpc) is 3.26. The highest BCUT2D eigenvalue weighted by Gasteiger charge is 2.27. The Hall–Kier alpha value is -3.66. The van der Waals surface area contributed by atoms with E-state index < -0.39 is 11.4 Å². The van der Waals surface area contributed by atoms with Crippen LogP contribution in [0, 0.1) is 5.82 Å². The van der Waals surface area contributed by atoms with Crippen molar-refractivity contribution in [1.82, 2.24) is 19.7 Å². The van der Waals surface area contributed by atoms with Gasteiger partial charge in [-0.05, 0) is 39.0 Å². The standard InChI is InChI=1S/C26H31FN4O5/c1-26(2,3)36-25(32)30-8-9-31-18(16-30)13-22(29-31)20-14-24(34-5)28-15-21(20)19-7-6-17(27)12-23(19)35-11-10-33-4/h6-7,12-15H,8-11,16H2,1-5H3. The van der Waals surface area contributed by atoms with E-state index >= 15 is 0 Å². The van der Waals surface area contributed by atoms with Gasteiger partial charge in [-0.25, -0.2) is 14.2 Å². The normalized spacial score (nSPS) is 13.3. The minimum absolute atomic E-state index is 0.269. The summed E-state index contributed by atoms with van der Waals surface area (Å²) in [5.74, 6) is 0.383. The van der Waals surface area contributed by atoms with E-state index in [9.17, 15) is 9.18 Å². The van der Waals surface area contributed by atoms with Crippen LogP contribution in [0.15, 0.2) is 36.5 Å². The molecule has 1 amide bonds. The van der Waals surface area contributed by atoms with Crippen LogP contribution in [0.3, 0.4) is 0 Å². The Morgan fingerprint density at radius 2 is 1.86 bits per heavy atom. The highest BCUT2D eigenvalue weighted by atomic mass is 19.1. The number of ether oxygens (including phenoxy) is 4. The maximum Gasteiger partial charge on any atom is 0.410 e. The lowest BCUT2D eigenvalue weighted by Crippen LogP contribution is -2.41. The third kappa shape index (κ3) is 5.76. The van der Waals surface area contributed by atoms with Gasteiger partial charge in [0.1, 0.15) is 23.8 Å². The lowest BCUT2D eigenvalue weighted by atomic mass is 9.98. The zero-order valence-electron chi connectivity index (χ0n) is 21.2. The third-order valence-corrected chi connectivity index (χ3v) is 5.59. The number of methoxy groups -OCH3 is 2. The minimum Gasteiger partial charge on any atom is -0.490 e. The molecule has 192 valence electrons. The fraction of sp³-hybridized carbons (Fsp3) is 0.423. The first-order chi connectivity index (χ1) is 17.2. The van der Waals surface area contributed by atoms with Crippen molar-refractivity contribution < 1.29 is 28.1 Å². The summed E-state index contributed by atoms with van der Waals surface area (Å²) in [4.78, 5) is 18.6. The number of hydrogen-bond acceptors (Lipinski definition) is 7. The van der Waals surface area contributed by atoms with E-state index in [1.807, 2.05) is 31.5 Å². The van der Waals surface area contributed by atoms with E-state index in [2.05, 4.69) is 4.98 Å². The Morgan fingerprint density at radius 3 is 2.58 bits per heavy atom. The highest BCUT2D eigenvalue weighted by Crippen LogP contribution is 2.39. The van der Waals surface area contributed by atoms with Gasteiger partial charge < -0.3 is 23.8 Å². The fourth-order valence-electron chi connectivity index (χ4n) is 3.93. The molecular formula is C26H31FN4O5. The molecule has 1 aliphatic heterocycles. The van der Waals surface area contributed by atoms with E-state index in [4.69, 9.17) is 24.0 Å². The van der Waals surface area contributed by atoms with E-state index in [0.717, 1.165) is 11.3 Å². The molecule has 4 rings (SSSR count). The van der Waals surface area contributed by atoms with Gasteiger partial charge in [0.2, 0.25) is 5.88 Å². The molecule has 1 aromatic carbocycles. The number of hydrogen-bond donors (Lipinski definition) is 0. The van der Waals surface area contributed by atoms with Crippen LogP contribution < -0.4 is 9.47 Å². The van der Waals surface area contributed by atoms with Crippen molar-refractivity contribution >= 4 is 6.09 Å². The Balaban J connectivity index is 1.70. The molecule has 0 N–H and O–H groups in total. The summed E-state index contributed by atoms with van der Waals surface area (Å²) in [6.45, 7) is 7.58. The Kier molecular flexibility index (Phi) is 7.44. The van der Waals surface area contributed by atoms with Gasteiger partial charge in [-0.15, -0.1) is 0 Å². The fourth-order valence-corrected chi connectivity index (χ4v) is 3.93. The number of carbonyl (C=O) groups excluding carboxylic acids is 1. The van der Waals surface area contributed by atoms with Crippen LogP contribution in [0.5, 0.6) is 11.6 Å². The van der Waals surface area contributed by atoms with Gasteiger partial charge in [-0.3, -0.25) is 4.68 Å². The molecule has 3 heterocycles. The summed E-state index contributed by atoms with van der Waals surface area (Å²) in [5.41, 5.74) is 3.11. The van der Waals surface area contributed by atoms with Crippen LogP contribution in [-0.4, -0.2) is 65.3 Å². The molecule has 0 aliphatic carbocycles. The number of pyridine rings is 1. The van der Waals surface area contributed by atoms with Gasteiger partial charge in [0.05, 0.1) is 38.2 Å². The lowest BCUT2D eigenvalue weighted by Gasteiger charge is -2.30. The van der Waals surface area contributed by atoms with Crippen LogP contribution in [0.2, 0.25) is 0 Å². The molecule has 0 saturated heterocycles. The number of nitrogens with zero attached hydrogens (tertiary/aromatic N) is 4. The number of rotatable bonds is 7. The van der Waals surface area contributed by atoms with Crippen molar-refractivity contribution in [2.24, 2.45) is 0 Å². The topological polar surface area (TPSA) is 87.9 Å². The molecule has 9 nitrogen and oxygen atoms in total. The maximum absolute atomic E-state index is 14.1. The SMILES string of the molecule is COCCOc1cc(F)ccc1-c1cnc(OC)cc1-c1cc2n(n1)CCN(C(=O)OC(C)(C)C)C2. The predicted molar refractivity (Wildman–Crippen MR) is 131 cm³/mol. The number of halogens is 1. The van der Waals surface area contributed by atoms with Crippen LogP contribution in [0.4, 0.5) is 9.18 Å². The van der Waals surface area contributed by atoms with Gasteiger partial charge in [0.15, 0.2) is 0 Å². The molecule has 0 spiro atoms. The molecule has 0 unspecified atom stereocenters. The Labute approximate surface area is 209 Å². The molecule has 0 saturated carbocycles. The van der Waals surface area contributed by atoms with Crippen molar-refractivity contribution in [2.75, 3.05) is 34.0 Å². The van der Waals surface area contributed by atoms with E-state index in [-0.39, 0.29) is 12.7 Å². The molecule has 0 bridgehead atoms. The maximum atomic E-state index is 14.1.